The maximum absolute atomic E-state index is 12.2. The van der Waals surface area contributed by atoms with Crippen molar-refractivity contribution in [2.75, 3.05) is 19.7 Å². The molecule has 0 aromatic heterocycles. The first-order valence-electron chi connectivity index (χ1n) is 10.0. The zero-order valence-electron chi connectivity index (χ0n) is 18.5. The number of alkyl carbamates (subject to hydrolysis) is 1. The van der Waals surface area contributed by atoms with E-state index in [1.807, 2.05) is 26.8 Å². The number of ether oxygens (including phenoxy) is 2. The van der Waals surface area contributed by atoms with Crippen molar-refractivity contribution in [1.82, 2.24) is 10.2 Å². The molecule has 1 aromatic rings. The first-order chi connectivity index (χ1) is 13.0. The van der Waals surface area contributed by atoms with Crippen LogP contribution in [0.25, 0.3) is 0 Å². The first kappa shape index (κ1) is 22.3. The predicted octanol–water partition coefficient (Wildman–Crippen LogP) is 4.92. The van der Waals surface area contributed by atoms with Crippen molar-refractivity contribution in [3.8, 4) is 5.75 Å². The van der Waals surface area contributed by atoms with Crippen molar-refractivity contribution in [3.63, 3.8) is 0 Å². The average molecular weight is 389 g/mol. The van der Waals surface area contributed by atoms with Gasteiger partial charge in [0.05, 0.1) is 5.54 Å². The van der Waals surface area contributed by atoms with Crippen LogP contribution in [-0.4, -0.2) is 41.8 Å². The molecule has 0 radical (unpaired) electrons. The van der Waals surface area contributed by atoms with E-state index in [-0.39, 0.29) is 17.7 Å². The van der Waals surface area contributed by atoms with E-state index in [0.717, 1.165) is 25.3 Å². The first-order valence-corrected chi connectivity index (χ1v) is 10.0. The summed E-state index contributed by atoms with van der Waals surface area (Å²) in [5.41, 5.74) is 2.94. The van der Waals surface area contributed by atoms with Gasteiger partial charge in [-0.1, -0.05) is 18.7 Å². The van der Waals surface area contributed by atoms with Crippen LogP contribution in [0.4, 0.5) is 4.79 Å². The maximum Gasteiger partial charge on any atom is 0.408 e. The van der Waals surface area contributed by atoms with E-state index >= 15 is 0 Å². The molecule has 1 fully saturated rings. The predicted molar refractivity (Wildman–Crippen MR) is 114 cm³/mol. The van der Waals surface area contributed by atoms with Gasteiger partial charge in [-0.05, 0) is 77.6 Å². The van der Waals surface area contributed by atoms with Crippen LogP contribution in [-0.2, 0) is 4.74 Å². The minimum Gasteiger partial charge on any atom is -0.489 e. The standard InChI is InChI=1S/C23H36N2O3/c1-9-14-27-20-11-10-19(16(2)17(20)3)18(4)25-13-12-23(8,15-25)24-21(26)28-22(5,6)7/h9-11,18H,1,12-15H2,2-8H3,(H,24,26). The average Bonchev–Trinajstić information content (AvgIpc) is 2.95. The Bertz CT molecular complexity index is 723. The molecule has 2 unspecified atom stereocenters. The summed E-state index contributed by atoms with van der Waals surface area (Å²) in [6, 6.07) is 4.46. The summed E-state index contributed by atoms with van der Waals surface area (Å²) in [6.45, 7) is 20.2. The highest BCUT2D eigenvalue weighted by atomic mass is 16.6. The lowest BCUT2D eigenvalue weighted by Gasteiger charge is -2.31. The zero-order valence-corrected chi connectivity index (χ0v) is 18.5. The van der Waals surface area contributed by atoms with Gasteiger partial charge in [0.2, 0.25) is 0 Å². The Morgan fingerprint density at radius 1 is 1.36 bits per heavy atom. The van der Waals surface area contributed by atoms with E-state index in [4.69, 9.17) is 9.47 Å². The highest BCUT2D eigenvalue weighted by molar-refractivity contribution is 5.68. The van der Waals surface area contributed by atoms with E-state index in [0.29, 0.717) is 6.61 Å². The van der Waals surface area contributed by atoms with Gasteiger partial charge in [0, 0.05) is 19.1 Å². The van der Waals surface area contributed by atoms with E-state index in [2.05, 4.69) is 50.6 Å². The van der Waals surface area contributed by atoms with Crippen LogP contribution in [0.5, 0.6) is 5.75 Å². The minimum absolute atomic E-state index is 0.259. The second-order valence-electron chi connectivity index (χ2n) is 9.09. The number of likely N-dealkylation sites (tertiary alicyclic amines) is 1. The summed E-state index contributed by atoms with van der Waals surface area (Å²) in [5, 5.41) is 3.07. The summed E-state index contributed by atoms with van der Waals surface area (Å²) < 4.78 is 11.2. The molecule has 0 saturated carbocycles. The Morgan fingerprint density at radius 3 is 2.64 bits per heavy atom. The molecule has 2 atom stereocenters. The molecule has 1 aliphatic rings. The monoisotopic (exact) mass is 388 g/mol. The van der Waals surface area contributed by atoms with Crippen molar-refractivity contribution in [1.29, 1.82) is 0 Å². The number of amides is 1. The van der Waals surface area contributed by atoms with Crippen LogP contribution >= 0.6 is 0 Å². The minimum atomic E-state index is -0.490. The topological polar surface area (TPSA) is 50.8 Å². The Morgan fingerprint density at radius 2 is 2.04 bits per heavy atom. The lowest BCUT2D eigenvalue weighted by Crippen LogP contribution is -2.49. The molecule has 0 spiro atoms. The second kappa shape index (κ2) is 8.56. The SMILES string of the molecule is C=CCOc1ccc(C(C)N2CCC(C)(NC(=O)OC(C)(C)C)C2)c(C)c1C. The molecule has 1 aromatic carbocycles. The van der Waals surface area contributed by atoms with E-state index in [1.165, 1.54) is 16.7 Å². The fourth-order valence-electron chi connectivity index (χ4n) is 3.75. The smallest absolute Gasteiger partial charge is 0.408 e. The molecule has 1 amide bonds. The van der Waals surface area contributed by atoms with Crippen molar-refractivity contribution in [2.45, 2.75) is 72.1 Å². The lowest BCUT2D eigenvalue weighted by molar-refractivity contribution is 0.0464. The van der Waals surface area contributed by atoms with Crippen molar-refractivity contribution < 1.29 is 14.3 Å². The van der Waals surface area contributed by atoms with Crippen molar-refractivity contribution >= 4 is 6.09 Å². The molecule has 156 valence electrons. The van der Waals surface area contributed by atoms with Crippen molar-refractivity contribution in [2.24, 2.45) is 0 Å². The number of hydrogen-bond acceptors (Lipinski definition) is 4. The van der Waals surface area contributed by atoms with Gasteiger partial charge in [0.1, 0.15) is 18.0 Å². The number of nitrogens with zero attached hydrogens (tertiary/aromatic N) is 1. The van der Waals surface area contributed by atoms with E-state index in [9.17, 15) is 4.79 Å². The fourth-order valence-corrected chi connectivity index (χ4v) is 3.75. The van der Waals surface area contributed by atoms with Gasteiger partial charge in [-0.25, -0.2) is 4.79 Å². The zero-order chi connectivity index (χ0) is 21.1. The van der Waals surface area contributed by atoms with Gasteiger partial charge in [-0.2, -0.15) is 0 Å². The van der Waals surface area contributed by atoms with Crippen LogP contribution in [0.3, 0.4) is 0 Å². The van der Waals surface area contributed by atoms with Gasteiger partial charge in [-0.3, -0.25) is 4.90 Å². The molecule has 5 heteroatoms. The Kier molecular flexibility index (Phi) is 6.81. The fraction of sp³-hybridized carbons (Fsp3) is 0.609. The highest BCUT2D eigenvalue weighted by Crippen LogP contribution is 2.34. The summed E-state index contributed by atoms with van der Waals surface area (Å²) in [7, 11) is 0. The molecule has 2 rings (SSSR count). The molecule has 0 aliphatic carbocycles. The number of benzene rings is 1. The van der Waals surface area contributed by atoms with Gasteiger partial charge in [0.15, 0.2) is 0 Å². The Balaban J connectivity index is 2.08. The highest BCUT2D eigenvalue weighted by Gasteiger charge is 2.38. The third-order valence-electron chi connectivity index (χ3n) is 5.44. The van der Waals surface area contributed by atoms with Gasteiger partial charge < -0.3 is 14.8 Å². The number of carbonyl (C=O) groups is 1. The van der Waals surface area contributed by atoms with Crippen LogP contribution in [0.15, 0.2) is 24.8 Å². The quantitative estimate of drug-likeness (QED) is 0.703. The molecule has 28 heavy (non-hydrogen) atoms. The third-order valence-corrected chi connectivity index (χ3v) is 5.44. The molecule has 1 saturated heterocycles. The van der Waals surface area contributed by atoms with E-state index in [1.54, 1.807) is 6.08 Å². The van der Waals surface area contributed by atoms with Crippen LogP contribution in [0.2, 0.25) is 0 Å². The van der Waals surface area contributed by atoms with Crippen molar-refractivity contribution in [3.05, 3.63) is 41.5 Å². The number of carbonyl (C=O) groups excluding carboxylic acids is 1. The Labute approximate surface area is 170 Å². The molecule has 1 aliphatic heterocycles. The largest absolute Gasteiger partial charge is 0.489 e. The van der Waals surface area contributed by atoms with Crippen LogP contribution in [0.1, 0.15) is 63.8 Å². The lowest BCUT2D eigenvalue weighted by atomic mass is 9.96. The van der Waals surface area contributed by atoms with Gasteiger partial charge in [-0.15, -0.1) is 0 Å². The molecular formula is C23H36N2O3. The normalized spacial score (nSPS) is 21.2. The summed E-state index contributed by atoms with van der Waals surface area (Å²) >= 11 is 0. The summed E-state index contributed by atoms with van der Waals surface area (Å²) in [4.78, 5) is 14.6. The molecular weight excluding hydrogens is 352 g/mol. The second-order valence-corrected chi connectivity index (χ2v) is 9.09. The van der Waals surface area contributed by atoms with E-state index < -0.39 is 5.60 Å². The molecule has 1 heterocycles. The molecule has 1 N–H and O–H groups in total. The Hall–Kier alpha value is -2.01. The molecule has 0 bridgehead atoms. The van der Waals surface area contributed by atoms with Gasteiger partial charge in [0.25, 0.3) is 0 Å². The molecule has 5 nitrogen and oxygen atoms in total. The summed E-state index contributed by atoms with van der Waals surface area (Å²) in [5.74, 6) is 0.909. The van der Waals surface area contributed by atoms with Crippen LogP contribution < -0.4 is 10.1 Å². The maximum atomic E-state index is 12.2. The number of rotatable bonds is 6. The van der Waals surface area contributed by atoms with Gasteiger partial charge >= 0.3 is 6.09 Å². The summed E-state index contributed by atoms with van der Waals surface area (Å²) in [6.07, 6.45) is 2.31. The van der Waals surface area contributed by atoms with Crippen LogP contribution in [0, 0.1) is 13.8 Å². The number of hydrogen-bond donors (Lipinski definition) is 1. The number of nitrogens with one attached hydrogen (secondary N) is 1. The third kappa shape index (κ3) is 5.51.